The van der Waals surface area contributed by atoms with Gasteiger partial charge < -0.3 is 10.4 Å². The molecular weight excluding hydrogens is 238 g/mol. The van der Waals surface area contributed by atoms with Crippen LogP contribution in [0.15, 0.2) is 36.7 Å². The molecule has 0 spiro atoms. The third-order valence-electron chi connectivity index (χ3n) is 2.85. The highest BCUT2D eigenvalue weighted by Crippen LogP contribution is 2.12. The molecule has 0 aliphatic carbocycles. The molecule has 0 saturated heterocycles. The lowest BCUT2D eigenvalue weighted by Gasteiger charge is -2.06. The van der Waals surface area contributed by atoms with E-state index in [9.17, 15) is 0 Å². The van der Waals surface area contributed by atoms with Gasteiger partial charge in [0.2, 0.25) is 0 Å². The molecule has 0 saturated carbocycles. The highest BCUT2D eigenvalue weighted by atomic mass is 16.3. The number of aliphatic hydroxyl groups is 1. The van der Waals surface area contributed by atoms with Gasteiger partial charge in [-0.2, -0.15) is 5.10 Å². The predicted molar refractivity (Wildman–Crippen MR) is 76.8 cm³/mol. The Bertz CT molecular complexity index is 520. The molecule has 2 aromatic rings. The number of aromatic nitrogens is 2. The summed E-state index contributed by atoms with van der Waals surface area (Å²) in [6.07, 6.45) is 3.97. The first kappa shape index (κ1) is 13.6. The summed E-state index contributed by atoms with van der Waals surface area (Å²) in [4.78, 5) is 0. The van der Waals surface area contributed by atoms with Crippen LogP contribution in [0.1, 0.15) is 25.0 Å². The van der Waals surface area contributed by atoms with Gasteiger partial charge >= 0.3 is 0 Å². The Kier molecular flexibility index (Phi) is 4.58. The summed E-state index contributed by atoms with van der Waals surface area (Å²) in [5.41, 5.74) is 3.10. The molecule has 0 aliphatic heterocycles. The zero-order valence-electron chi connectivity index (χ0n) is 11.5. The summed E-state index contributed by atoms with van der Waals surface area (Å²) < 4.78 is 1.98. The third kappa shape index (κ3) is 4.10. The fraction of sp³-hybridized carbons (Fsp3) is 0.400. The standard InChI is InChI=1S/C15H21N3O/c1-12(2)9-18-10-14(8-17-18)7-16-15-5-3-4-13(6-15)11-19/h3-6,8,10,12,16,19H,7,9,11H2,1-2H3. The Morgan fingerprint density at radius 3 is 2.89 bits per heavy atom. The van der Waals surface area contributed by atoms with E-state index in [0.29, 0.717) is 5.92 Å². The van der Waals surface area contributed by atoms with Crippen molar-refractivity contribution in [1.82, 2.24) is 9.78 Å². The Labute approximate surface area is 114 Å². The smallest absolute Gasteiger partial charge is 0.0682 e. The third-order valence-corrected chi connectivity index (χ3v) is 2.85. The van der Waals surface area contributed by atoms with E-state index < -0.39 is 0 Å². The Morgan fingerprint density at radius 2 is 2.16 bits per heavy atom. The van der Waals surface area contributed by atoms with Crippen molar-refractivity contribution in [1.29, 1.82) is 0 Å². The van der Waals surface area contributed by atoms with E-state index in [4.69, 9.17) is 5.11 Å². The van der Waals surface area contributed by atoms with Crippen molar-refractivity contribution in [2.24, 2.45) is 5.92 Å². The van der Waals surface area contributed by atoms with Gasteiger partial charge in [-0.15, -0.1) is 0 Å². The van der Waals surface area contributed by atoms with Crippen molar-refractivity contribution in [3.8, 4) is 0 Å². The monoisotopic (exact) mass is 259 g/mol. The largest absolute Gasteiger partial charge is 0.392 e. The number of anilines is 1. The van der Waals surface area contributed by atoms with Gasteiger partial charge in [0.1, 0.15) is 0 Å². The SMILES string of the molecule is CC(C)Cn1cc(CNc2cccc(CO)c2)cn1. The maximum absolute atomic E-state index is 9.09. The van der Waals surface area contributed by atoms with Gasteiger partial charge in [0, 0.05) is 30.5 Å². The van der Waals surface area contributed by atoms with Crippen LogP contribution in [0, 0.1) is 5.92 Å². The zero-order chi connectivity index (χ0) is 13.7. The minimum Gasteiger partial charge on any atom is -0.392 e. The van der Waals surface area contributed by atoms with E-state index in [1.165, 1.54) is 0 Å². The van der Waals surface area contributed by atoms with Gasteiger partial charge in [0.05, 0.1) is 12.8 Å². The number of rotatable bonds is 6. The molecule has 19 heavy (non-hydrogen) atoms. The lowest BCUT2D eigenvalue weighted by Crippen LogP contribution is -2.04. The van der Waals surface area contributed by atoms with Gasteiger partial charge in [-0.25, -0.2) is 0 Å². The highest BCUT2D eigenvalue weighted by Gasteiger charge is 2.01. The molecule has 2 N–H and O–H groups in total. The molecule has 0 radical (unpaired) electrons. The maximum Gasteiger partial charge on any atom is 0.0682 e. The van der Waals surface area contributed by atoms with Crippen LogP contribution < -0.4 is 5.32 Å². The topological polar surface area (TPSA) is 50.1 Å². The van der Waals surface area contributed by atoms with E-state index in [0.717, 1.165) is 29.9 Å². The molecule has 0 unspecified atom stereocenters. The first-order valence-electron chi connectivity index (χ1n) is 6.62. The number of hydrogen-bond acceptors (Lipinski definition) is 3. The minimum absolute atomic E-state index is 0.0713. The van der Waals surface area contributed by atoms with Crippen molar-refractivity contribution in [3.05, 3.63) is 47.8 Å². The number of nitrogens with zero attached hydrogens (tertiary/aromatic N) is 2. The van der Waals surface area contributed by atoms with Crippen molar-refractivity contribution < 1.29 is 5.11 Å². The highest BCUT2D eigenvalue weighted by molar-refractivity contribution is 5.45. The second-order valence-corrected chi connectivity index (χ2v) is 5.18. The normalized spacial score (nSPS) is 10.9. The predicted octanol–water partition coefficient (Wildman–Crippen LogP) is 2.64. The molecule has 1 aromatic heterocycles. The molecular formula is C15H21N3O. The number of nitrogens with one attached hydrogen (secondary N) is 1. The summed E-state index contributed by atoms with van der Waals surface area (Å²) in [6, 6.07) is 7.80. The molecule has 1 heterocycles. The Balaban J connectivity index is 1.92. The lowest BCUT2D eigenvalue weighted by atomic mass is 10.2. The summed E-state index contributed by atoms with van der Waals surface area (Å²) >= 11 is 0. The van der Waals surface area contributed by atoms with Crippen molar-refractivity contribution in [2.45, 2.75) is 33.5 Å². The molecule has 4 heteroatoms. The fourth-order valence-electron chi connectivity index (χ4n) is 1.96. The van der Waals surface area contributed by atoms with Crippen molar-refractivity contribution >= 4 is 5.69 Å². The van der Waals surface area contributed by atoms with Crippen molar-refractivity contribution in [3.63, 3.8) is 0 Å². The maximum atomic E-state index is 9.09. The summed E-state index contributed by atoms with van der Waals surface area (Å²) in [7, 11) is 0. The van der Waals surface area contributed by atoms with Gasteiger partial charge in [0.15, 0.2) is 0 Å². The van der Waals surface area contributed by atoms with Crippen LogP contribution in [0.2, 0.25) is 0 Å². The first-order chi connectivity index (χ1) is 9.17. The van der Waals surface area contributed by atoms with Crippen LogP contribution in [-0.4, -0.2) is 14.9 Å². The van der Waals surface area contributed by atoms with E-state index in [2.05, 4.69) is 30.5 Å². The quantitative estimate of drug-likeness (QED) is 0.838. The summed E-state index contributed by atoms with van der Waals surface area (Å²) in [5.74, 6) is 0.599. The van der Waals surface area contributed by atoms with Crippen LogP contribution >= 0.6 is 0 Å². The average molecular weight is 259 g/mol. The molecule has 2 rings (SSSR count). The fourth-order valence-corrected chi connectivity index (χ4v) is 1.96. The van der Waals surface area contributed by atoms with Crippen LogP contribution in [0.3, 0.4) is 0 Å². The van der Waals surface area contributed by atoms with Crippen LogP contribution in [0.5, 0.6) is 0 Å². The summed E-state index contributed by atoms with van der Waals surface area (Å²) in [5, 5.41) is 16.8. The second kappa shape index (κ2) is 6.38. The molecule has 0 amide bonds. The van der Waals surface area contributed by atoms with E-state index in [-0.39, 0.29) is 6.61 Å². The molecule has 0 fully saturated rings. The molecule has 1 aromatic carbocycles. The van der Waals surface area contributed by atoms with Gasteiger partial charge in [0.25, 0.3) is 0 Å². The van der Waals surface area contributed by atoms with Gasteiger partial charge in [-0.3, -0.25) is 4.68 Å². The molecule has 0 aliphatic rings. The zero-order valence-corrected chi connectivity index (χ0v) is 11.5. The van der Waals surface area contributed by atoms with Gasteiger partial charge in [-0.05, 0) is 23.6 Å². The van der Waals surface area contributed by atoms with E-state index in [1.807, 2.05) is 35.1 Å². The van der Waals surface area contributed by atoms with Crippen LogP contribution in [0.25, 0.3) is 0 Å². The first-order valence-corrected chi connectivity index (χ1v) is 6.62. The number of benzene rings is 1. The van der Waals surface area contributed by atoms with Crippen LogP contribution in [-0.2, 0) is 19.7 Å². The van der Waals surface area contributed by atoms with E-state index in [1.54, 1.807) is 0 Å². The number of hydrogen-bond donors (Lipinski definition) is 2. The molecule has 0 bridgehead atoms. The molecule has 0 atom stereocenters. The Hall–Kier alpha value is -1.81. The van der Waals surface area contributed by atoms with Crippen LogP contribution in [0.4, 0.5) is 5.69 Å². The second-order valence-electron chi connectivity index (χ2n) is 5.18. The summed E-state index contributed by atoms with van der Waals surface area (Å²) in [6.45, 7) is 6.12. The minimum atomic E-state index is 0.0713. The van der Waals surface area contributed by atoms with Crippen molar-refractivity contribution in [2.75, 3.05) is 5.32 Å². The Morgan fingerprint density at radius 1 is 1.32 bits per heavy atom. The van der Waals surface area contributed by atoms with E-state index >= 15 is 0 Å². The average Bonchev–Trinajstić information content (AvgIpc) is 2.83. The van der Waals surface area contributed by atoms with Gasteiger partial charge in [-0.1, -0.05) is 26.0 Å². The lowest BCUT2D eigenvalue weighted by molar-refractivity contribution is 0.282. The molecule has 4 nitrogen and oxygen atoms in total. The number of aliphatic hydroxyl groups excluding tert-OH is 1. The molecule has 102 valence electrons.